The normalized spacial score (nSPS) is 16.4. The number of benzene rings is 2. The molecule has 116 valence electrons. The molecule has 0 saturated heterocycles. The van der Waals surface area contributed by atoms with Crippen LogP contribution in [0.4, 0.5) is 0 Å². The van der Waals surface area contributed by atoms with E-state index in [-0.39, 0.29) is 11.5 Å². The van der Waals surface area contributed by atoms with Gasteiger partial charge in [0.15, 0.2) is 5.75 Å². The van der Waals surface area contributed by atoms with Crippen LogP contribution in [0.25, 0.3) is 11.0 Å². The summed E-state index contributed by atoms with van der Waals surface area (Å²) >= 11 is 0. The molecule has 0 fully saturated rings. The number of hydrogen-bond donors (Lipinski definition) is 1. The molecule has 1 aliphatic rings. The highest BCUT2D eigenvalue weighted by Crippen LogP contribution is 2.43. The lowest BCUT2D eigenvalue weighted by molar-refractivity contribution is 0.388. The van der Waals surface area contributed by atoms with E-state index < -0.39 is 11.5 Å². The summed E-state index contributed by atoms with van der Waals surface area (Å²) in [5.41, 5.74) is 7.15. The number of nitrogens with two attached hydrogens (primary N) is 1. The third-order valence-corrected chi connectivity index (χ3v) is 4.11. The fourth-order valence-electron chi connectivity index (χ4n) is 3.04. The van der Waals surface area contributed by atoms with Crippen LogP contribution in [0.5, 0.6) is 5.75 Å². The maximum atomic E-state index is 12.6. The Morgan fingerprint density at radius 2 is 1.75 bits per heavy atom. The monoisotopic (exact) mass is 316 g/mol. The lowest BCUT2D eigenvalue weighted by Crippen LogP contribution is -2.26. The van der Waals surface area contributed by atoms with E-state index in [4.69, 9.17) is 14.9 Å². The Kier molecular flexibility index (Phi) is 3.10. The molecule has 24 heavy (non-hydrogen) atoms. The molecule has 1 unspecified atom stereocenters. The summed E-state index contributed by atoms with van der Waals surface area (Å²) in [6.45, 7) is 0. The van der Waals surface area contributed by atoms with Gasteiger partial charge in [-0.1, -0.05) is 42.5 Å². The average molecular weight is 316 g/mol. The lowest BCUT2D eigenvalue weighted by atomic mass is 9.84. The Morgan fingerprint density at radius 1 is 1.04 bits per heavy atom. The van der Waals surface area contributed by atoms with Gasteiger partial charge in [0.2, 0.25) is 5.88 Å². The summed E-state index contributed by atoms with van der Waals surface area (Å²) in [6, 6.07) is 18.4. The Bertz CT molecular complexity index is 1080. The molecule has 2 aromatic carbocycles. The standard InChI is InChI=1S/C19H12N2O3/c20-10-13-15(11-6-2-1-3-7-11)16-17(24-18(13)21)12-8-4-5-9-14(12)23-19(16)22/h1-9,15H,21H2. The van der Waals surface area contributed by atoms with Crippen molar-refractivity contribution in [3.05, 3.63) is 87.6 Å². The molecule has 5 nitrogen and oxygen atoms in total. The minimum Gasteiger partial charge on any atom is -0.439 e. The van der Waals surface area contributed by atoms with Crippen LogP contribution in [0.3, 0.4) is 0 Å². The minimum absolute atomic E-state index is 0.00889. The topological polar surface area (TPSA) is 89.3 Å². The van der Waals surface area contributed by atoms with E-state index in [1.807, 2.05) is 36.4 Å². The first kappa shape index (κ1) is 14.1. The molecule has 1 atom stereocenters. The van der Waals surface area contributed by atoms with Crippen molar-refractivity contribution >= 4 is 11.0 Å². The van der Waals surface area contributed by atoms with Crippen LogP contribution in [-0.4, -0.2) is 0 Å². The average Bonchev–Trinajstić information content (AvgIpc) is 2.61. The third kappa shape index (κ3) is 1.97. The maximum absolute atomic E-state index is 12.6. The molecule has 3 aromatic rings. The van der Waals surface area contributed by atoms with Gasteiger partial charge in [0.05, 0.1) is 16.9 Å². The van der Waals surface area contributed by atoms with Crippen LogP contribution in [0.15, 0.2) is 75.3 Å². The summed E-state index contributed by atoms with van der Waals surface area (Å²) in [5, 5.41) is 10.2. The second kappa shape index (κ2) is 5.28. The zero-order valence-corrected chi connectivity index (χ0v) is 12.5. The maximum Gasteiger partial charge on any atom is 0.344 e. The van der Waals surface area contributed by atoms with Crippen LogP contribution >= 0.6 is 0 Å². The van der Waals surface area contributed by atoms with E-state index in [0.717, 1.165) is 5.56 Å². The number of hydrogen-bond acceptors (Lipinski definition) is 5. The molecule has 0 aliphatic carbocycles. The van der Waals surface area contributed by atoms with Gasteiger partial charge in [-0.15, -0.1) is 0 Å². The highest BCUT2D eigenvalue weighted by atomic mass is 16.5. The van der Waals surface area contributed by atoms with E-state index in [9.17, 15) is 10.1 Å². The SMILES string of the molecule is N#CC1=C(N)Oc2c(c(=O)oc3ccccc23)C1c1ccccc1. The second-order valence-corrected chi connectivity index (χ2v) is 5.46. The van der Waals surface area contributed by atoms with E-state index in [1.165, 1.54) is 0 Å². The molecular formula is C19H12N2O3. The number of nitrogens with zero attached hydrogens (tertiary/aromatic N) is 1. The molecule has 0 bridgehead atoms. The van der Waals surface area contributed by atoms with Gasteiger partial charge in [-0.25, -0.2) is 4.79 Å². The van der Waals surface area contributed by atoms with Gasteiger partial charge in [0.25, 0.3) is 0 Å². The van der Waals surface area contributed by atoms with E-state index in [1.54, 1.807) is 18.2 Å². The molecule has 2 heterocycles. The van der Waals surface area contributed by atoms with Crippen molar-refractivity contribution in [1.82, 2.24) is 0 Å². The van der Waals surface area contributed by atoms with Gasteiger partial charge >= 0.3 is 5.63 Å². The van der Waals surface area contributed by atoms with Crippen molar-refractivity contribution in [3.8, 4) is 11.8 Å². The smallest absolute Gasteiger partial charge is 0.344 e. The van der Waals surface area contributed by atoms with Crippen LogP contribution in [-0.2, 0) is 0 Å². The fourth-order valence-corrected chi connectivity index (χ4v) is 3.04. The molecular weight excluding hydrogens is 304 g/mol. The summed E-state index contributed by atoms with van der Waals surface area (Å²) in [6.07, 6.45) is 0. The summed E-state index contributed by atoms with van der Waals surface area (Å²) in [7, 11) is 0. The Morgan fingerprint density at radius 3 is 2.50 bits per heavy atom. The molecule has 0 spiro atoms. The summed E-state index contributed by atoms with van der Waals surface area (Å²) in [5.74, 6) is -0.248. The first-order chi connectivity index (χ1) is 11.7. The van der Waals surface area contributed by atoms with Crippen molar-refractivity contribution in [3.63, 3.8) is 0 Å². The molecule has 1 aromatic heterocycles. The highest BCUT2D eigenvalue weighted by molar-refractivity contribution is 5.85. The van der Waals surface area contributed by atoms with Crippen LogP contribution < -0.4 is 16.1 Å². The van der Waals surface area contributed by atoms with Crippen molar-refractivity contribution in [1.29, 1.82) is 5.26 Å². The third-order valence-electron chi connectivity index (χ3n) is 4.11. The fraction of sp³-hybridized carbons (Fsp3) is 0.0526. The molecule has 1 aliphatic heterocycles. The zero-order chi connectivity index (χ0) is 16.7. The number of rotatable bonds is 1. The summed E-state index contributed by atoms with van der Waals surface area (Å²) < 4.78 is 11.1. The summed E-state index contributed by atoms with van der Waals surface area (Å²) in [4.78, 5) is 12.6. The largest absolute Gasteiger partial charge is 0.439 e. The van der Waals surface area contributed by atoms with Crippen LogP contribution in [0, 0.1) is 11.3 Å². The molecule has 2 N–H and O–H groups in total. The predicted molar refractivity (Wildman–Crippen MR) is 88.2 cm³/mol. The van der Waals surface area contributed by atoms with Gasteiger partial charge in [-0.05, 0) is 17.7 Å². The number of allylic oxidation sites excluding steroid dienone is 1. The highest BCUT2D eigenvalue weighted by Gasteiger charge is 2.35. The predicted octanol–water partition coefficient (Wildman–Crippen LogP) is 3.01. The van der Waals surface area contributed by atoms with Crippen LogP contribution in [0.1, 0.15) is 17.0 Å². The zero-order valence-electron chi connectivity index (χ0n) is 12.5. The molecule has 0 amide bonds. The quantitative estimate of drug-likeness (QED) is 0.697. The number of para-hydroxylation sites is 1. The van der Waals surface area contributed by atoms with Crippen molar-refractivity contribution < 1.29 is 9.15 Å². The Balaban J connectivity index is 2.10. The minimum atomic E-state index is -0.610. The lowest BCUT2D eigenvalue weighted by Gasteiger charge is -2.25. The van der Waals surface area contributed by atoms with Gasteiger partial charge in [-0.2, -0.15) is 5.26 Å². The van der Waals surface area contributed by atoms with E-state index in [2.05, 4.69) is 6.07 Å². The Labute approximate surface area is 137 Å². The molecule has 0 saturated carbocycles. The van der Waals surface area contributed by atoms with Crippen molar-refractivity contribution in [2.75, 3.05) is 0 Å². The number of fused-ring (bicyclic) bond motifs is 3. The van der Waals surface area contributed by atoms with Gasteiger partial charge in [0, 0.05) is 0 Å². The molecule has 5 heteroatoms. The molecule has 4 rings (SSSR count). The first-order valence-electron chi connectivity index (χ1n) is 7.39. The van der Waals surface area contributed by atoms with E-state index >= 15 is 0 Å². The van der Waals surface area contributed by atoms with Gasteiger partial charge in [-0.3, -0.25) is 0 Å². The van der Waals surface area contributed by atoms with E-state index in [0.29, 0.717) is 22.3 Å². The Hall–Kier alpha value is -3.52. The first-order valence-corrected chi connectivity index (χ1v) is 7.39. The van der Waals surface area contributed by atoms with Crippen molar-refractivity contribution in [2.45, 2.75) is 5.92 Å². The van der Waals surface area contributed by atoms with Gasteiger partial charge < -0.3 is 14.9 Å². The van der Waals surface area contributed by atoms with Gasteiger partial charge in [0.1, 0.15) is 17.2 Å². The number of ether oxygens (including phenoxy) is 1. The second-order valence-electron chi connectivity index (χ2n) is 5.46. The van der Waals surface area contributed by atoms with Crippen LogP contribution in [0.2, 0.25) is 0 Å². The van der Waals surface area contributed by atoms with Crippen molar-refractivity contribution in [2.24, 2.45) is 5.73 Å². The molecule has 0 radical (unpaired) electrons. The number of nitriles is 1.